The summed E-state index contributed by atoms with van der Waals surface area (Å²) in [7, 11) is 0. The van der Waals surface area contributed by atoms with Crippen LogP contribution >= 0.6 is 0 Å². The third kappa shape index (κ3) is 5.87. The monoisotopic (exact) mass is 343 g/mol. The van der Waals surface area contributed by atoms with Crippen molar-refractivity contribution in [2.24, 2.45) is 0 Å². The highest BCUT2D eigenvalue weighted by Gasteiger charge is 2.22. The Hall–Kier alpha value is -2.04. The van der Waals surface area contributed by atoms with Crippen molar-refractivity contribution in [1.82, 2.24) is 15.2 Å². The van der Waals surface area contributed by atoms with E-state index in [9.17, 15) is 9.59 Å². The molecule has 0 fully saturated rings. The van der Waals surface area contributed by atoms with Gasteiger partial charge >= 0.3 is 11.9 Å². The van der Waals surface area contributed by atoms with Crippen LogP contribution < -0.4 is 0 Å². The molecule has 0 radical (unpaired) electrons. The van der Waals surface area contributed by atoms with E-state index in [-0.39, 0.29) is 24.9 Å². The number of H-pyrrole nitrogens is 1. The lowest BCUT2D eigenvalue weighted by atomic mass is 10.4. The number of cyclic esters (lactones) is 2. The molecule has 2 rings (SSSR count). The number of aromatic amines is 1. The lowest BCUT2D eigenvalue weighted by Crippen LogP contribution is -2.24. The van der Waals surface area contributed by atoms with E-state index in [1.807, 2.05) is 0 Å². The Morgan fingerprint density at radius 1 is 0.875 bits per heavy atom. The van der Waals surface area contributed by atoms with E-state index in [2.05, 4.69) is 15.2 Å². The molecule has 1 aliphatic heterocycles. The van der Waals surface area contributed by atoms with E-state index in [1.165, 1.54) is 0 Å². The Kier molecular flexibility index (Phi) is 7.09. The first-order valence-electron chi connectivity index (χ1n) is 7.64. The van der Waals surface area contributed by atoms with E-state index < -0.39 is 24.1 Å². The van der Waals surface area contributed by atoms with Gasteiger partial charge < -0.3 is 23.7 Å². The maximum absolute atomic E-state index is 11.9. The topological polar surface area (TPSA) is 122 Å². The van der Waals surface area contributed by atoms with Gasteiger partial charge in [0.1, 0.15) is 12.2 Å². The lowest BCUT2D eigenvalue weighted by Gasteiger charge is -2.14. The molecular formula is C14H21N3O7. The molecule has 2 bridgehead atoms. The van der Waals surface area contributed by atoms with Crippen LogP contribution in [0.3, 0.4) is 0 Å². The molecule has 24 heavy (non-hydrogen) atoms. The summed E-state index contributed by atoms with van der Waals surface area (Å²) in [5, 5.41) is 6.02. The Bertz CT molecular complexity index is 504. The normalized spacial score (nSPS) is 25.2. The van der Waals surface area contributed by atoms with Gasteiger partial charge in [0.2, 0.25) is 5.82 Å². The highest BCUT2D eigenvalue weighted by molar-refractivity contribution is 5.89. The van der Waals surface area contributed by atoms with Crippen molar-refractivity contribution in [2.45, 2.75) is 26.1 Å². The van der Waals surface area contributed by atoms with Crippen LogP contribution in [0.15, 0.2) is 0 Å². The number of nitrogens with zero attached hydrogens (tertiary/aromatic N) is 2. The molecule has 0 amide bonds. The number of hydrogen-bond acceptors (Lipinski definition) is 9. The van der Waals surface area contributed by atoms with E-state index >= 15 is 0 Å². The second kappa shape index (κ2) is 9.30. The zero-order valence-corrected chi connectivity index (χ0v) is 13.6. The average Bonchev–Trinajstić information content (AvgIpc) is 3.02. The van der Waals surface area contributed by atoms with Gasteiger partial charge in [0.25, 0.3) is 5.82 Å². The van der Waals surface area contributed by atoms with Gasteiger partial charge in [-0.2, -0.15) is 4.98 Å². The van der Waals surface area contributed by atoms with Crippen LogP contribution in [0.5, 0.6) is 0 Å². The minimum absolute atomic E-state index is 0.179. The molecule has 1 N–H and O–H groups in total. The summed E-state index contributed by atoms with van der Waals surface area (Å²) in [6.45, 7) is 5.34. The van der Waals surface area contributed by atoms with Crippen LogP contribution in [0.25, 0.3) is 0 Å². The highest BCUT2D eigenvalue weighted by Crippen LogP contribution is 2.04. The predicted octanol–water partition coefficient (Wildman–Crippen LogP) is -0.0413. The fourth-order valence-corrected chi connectivity index (χ4v) is 1.82. The maximum Gasteiger partial charge on any atom is 0.378 e. The van der Waals surface area contributed by atoms with Gasteiger partial charge in [-0.05, 0) is 13.8 Å². The second-order valence-corrected chi connectivity index (χ2v) is 5.20. The van der Waals surface area contributed by atoms with E-state index in [1.54, 1.807) is 13.8 Å². The largest absolute Gasteiger partial charge is 0.454 e. The standard InChI is InChI=1S/C14H21N3O7/c1-9-7-21-5-3-20-4-6-22-8-10(2)24-14(19)12-15-11(16-17-12)13(18)23-9/h9-10H,3-8H2,1-2H3,(H,15,16,17)/t9-,10-/m0/s1. The van der Waals surface area contributed by atoms with Crippen molar-refractivity contribution in [3.05, 3.63) is 11.6 Å². The summed E-state index contributed by atoms with van der Waals surface area (Å²) in [4.78, 5) is 27.6. The molecule has 0 aromatic carbocycles. The van der Waals surface area contributed by atoms with Crippen LogP contribution in [-0.4, -0.2) is 79.0 Å². The number of ether oxygens (including phenoxy) is 5. The van der Waals surface area contributed by atoms with Crippen molar-refractivity contribution in [3.63, 3.8) is 0 Å². The van der Waals surface area contributed by atoms with Gasteiger partial charge in [-0.25, -0.2) is 9.59 Å². The van der Waals surface area contributed by atoms with Gasteiger partial charge in [-0.3, -0.25) is 5.10 Å². The van der Waals surface area contributed by atoms with Gasteiger partial charge in [0.15, 0.2) is 0 Å². The number of aromatic nitrogens is 3. The van der Waals surface area contributed by atoms with Crippen molar-refractivity contribution in [3.8, 4) is 0 Å². The Morgan fingerprint density at radius 2 is 1.42 bits per heavy atom. The molecule has 10 heteroatoms. The summed E-state index contributed by atoms with van der Waals surface area (Å²) in [5.41, 5.74) is 0. The first-order chi connectivity index (χ1) is 11.6. The zero-order valence-electron chi connectivity index (χ0n) is 13.6. The van der Waals surface area contributed by atoms with Crippen molar-refractivity contribution in [1.29, 1.82) is 0 Å². The number of esters is 2. The Labute approximate surface area is 138 Å². The van der Waals surface area contributed by atoms with Gasteiger partial charge in [0.05, 0.1) is 39.6 Å². The van der Waals surface area contributed by atoms with Gasteiger partial charge in [0, 0.05) is 0 Å². The number of carbonyl (C=O) groups is 2. The first kappa shape index (κ1) is 18.3. The second-order valence-electron chi connectivity index (χ2n) is 5.20. The van der Waals surface area contributed by atoms with Gasteiger partial charge in [-0.1, -0.05) is 0 Å². The van der Waals surface area contributed by atoms with Crippen molar-refractivity contribution in [2.75, 3.05) is 39.6 Å². The third-order valence-electron chi connectivity index (χ3n) is 2.93. The number of carbonyl (C=O) groups excluding carboxylic acids is 2. The highest BCUT2D eigenvalue weighted by atomic mass is 16.6. The zero-order chi connectivity index (χ0) is 17.4. The predicted molar refractivity (Wildman–Crippen MR) is 78.6 cm³/mol. The Morgan fingerprint density at radius 3 is 2.04 bits per heavy atom. The Balaban J connectivity index is 2.00. The summed E-state index contributed by atoms with van der Waals surface area (Å²) < 4.78 is 26.3. The van der Waals surface area contributed by atoms with Crippen LogP contribution in [-0.2, 0) is 23.7 Å². The number of rotatable bonds is 0. The molecule has 0 spiro atoms. The summed E-state index contributed by atoms with van der Waals surface area (Å²) in [6.07, 6.45) is -0.978. The lowest BCUT2D eigenvalue weighted by molar-refractivity contribution is -0.0300. The molecule has 2 atom stereocenters. The molecule has 134 valence electrons. The summed E-state index contributed by atoms with van der Waals surface area (Å²) in [5.74, 6) is -1.91. The number of fused-ring (bicyclic) bond motifs is 2. The number of nitrogens with one attached hydrogen (secondary N) is 1. The molecule has 10 nitrogen and oxygen atoms in total. The minimum Gasteiger partial charge on any atom is -0.454 e. The maximum atomic E-state index is 11.9. The van der Waals surface area contributed by atoms with Crippen LogP contribution in [0.4, 0.5) is 0 Å². The van der Waals surface area contributed by atoms with Crippen LogP contribution in [0.2, 0.25) is 0 Å². The summed E-state index contributed by atoms with van der Waals surface area (Å²) >= 11 is 0. The molecule has 0 aliphatic carbocycles. The SMILES string of the molecule is C[C@H]1COCCOCCOC[C@H](C)OC(=O)c2nc(n[nH]2)C(=O)O1. The average molecular weight is 343 g/mol. The molecule has 0 saturated carbocycles. The smallest absolute Gasteiger partial charge is 0.378 e. The summed E-state index contributed by atoms with van der Waals surface area (Å²) in [6, 6.07) is 0. The fourth-order valence-electron chi connectivity index (χ4n) is 1.82. The van der Waals surface area contributed by atoms with Crippen LogP contribution in [0, 0.1) is 0 Å². The molecule has 1 aliphatic rings. The molecule has 0 saturated heterocycles. The van der Waals surface area contributed by atoms with E-state index in [0.717, 1.165) is 0 Å². The van der Waals surface area contributed by atoms with E-state index in [0.29, 0.717) is 26.4 Å². The first-order valence-corrected chi connectivity index (χ1v) is 7.64. The number of hydrogen-bond donors (Lipinski definition) is 1. The van der Waals surface area contributed by atoms with Crippen molar-refractivity contribution < 1.29 is 33.3 Å². The molecule has 1 aromatic rings. The third-order valence-corrected chi connectivity index (χ3v) is 2.93. The fraction of sp³-hybridized carbons (Fsp3) is 0.714. The van der Waals surface area contributed by atoms with Crippen molar-refractivity contribution >= 4 is 11.9 Å². The quantitative estimate of drug-likeness (QED) is 0.646. The molecule has 0 unspecified atom stereocenters. The van der Waals surface area contributed by atoms with Crippen LogP contribution in [0.1, 0.15) is 35.1 Å². The van der Waals surface area contributed by atoms with E-state index in [4.69, 9.17) is 23.7 Å². The van der Waals surface area contributed by atoms with Gasteiger partial charge in [-0.15, -0.1) is 5.10 Å². The molecule has 2 heterocycles. The molecule has 1 aromatic heterocycles. The molecular weight excluding hydrogens is 322 g/mol. The minimum atomic E-state index is -0.754.